The van der Waals surface area contributed by atoms with Crippen LogP contribution in [0.25, 0.3) is 0 Å². The molecule has 0 amide bonds. The molecule has 3 heterocycles. The van der Waals surface area contributed by atoms with Gasteiger partial charge in [0.05, 0.1) is 13.2 Å². The minimum absolute atomic E-state index is 0.383. The van der Waals surface area contributed by atoms with Gasteiger partial charge in [-0.2, -0.15) is 4.98 Å². The highest BCUT2D eigenvalue weighted by atomic mass is 35.5. The maximum atomic E-state index is 6.23. The number of halogens is 1. The Kier molecular flexibility index (Phi) is 4.98. The SMILES string of the molecule is Cc1cc(NCc2ccccc2Cl)nc(N2CCC3(CC2)OCCO3)n1. The molecular weight excluding hydrogens is 352 g/mol. The molecule has 138 valence electrons. The van der Waals surface area contributed by atoms with E-state index in [1.54, 1.807) is 0 Å². The van der Waals surface area contributed by atoms with Crippen molar-refractivity contribution >= 4 is 23.4 Å². The Morgan fingerprint density at radius 1 is 1.15 bits per heavy atom. The molecule has 0 radical (unpaired) electrons. The highest BCUT2D eigenvalue weighted by Crippen LogP contribution is 2.32. The van der Waals surface area contributed by atoms with Gasteiger partial charge in [0.25, 0.3) is 0 Å². The molecule has 2 aliphatic rings. The summed E-state index contributed by atoms with van der Waals surface area (Å²) >= 11 is 6.23. The summed E-state index contributed by atoms with van der Waals surface area (Å²) in [6, 6.07) is 9.77. The molecule has 1 N–H and O–H groups in total. The van der Waals surface area contributed by atoms with Gasteiger partial charge in [-0.1, -0.05) is 29.8 Å². The van der Waals surface area contributed by atoms with Crippen molar-refractivity contribution in [1.82, 2.24) is 9.97 Å². The third-order valence-electron chi connectivity index (χ3n) is 4.88. The summed E-state index contributed by atoms with van der Waals surface area (Å²) in [5.41, 5.74) is 1.98. The molecule has 1 aromatic heterocycles. The van der Waals surface area contributed by atoms with E-state index in [1.807, 2.05) is 37.3 Å². The van der Waals surface area contributed by atoms with E-state index in [1.165, 1.54) is 0 Å². The van der Waals surface area contributed by atoms with Gasteiger partial charge in [0.1, 0.15) is 5.82 Å². The second-order valence-electron chi connectivity index (χ2n) is 6.73. The quantitative estimate of drug-likeness (QED) is 0.885. The van der Waals surface area contributed by atoms with Crippen LogP contribution in [-0.4, -0.2) is 42.1 Å². The molecule has 2 aromatic rings. The van der Waals surface area contributed by atoms with E-state index in [0.717, 1.165) is 54.0 Å². The molecule has 2 aliphatic heterocycles. The zero-order valence-corrected chi connectivity index (χ0v) is 15.6. The summed E-state index contributed by atoms with van der Waals surface area (Å²) in [7, 11) is 0. The first-order valence-corrected chi connectivity index (χ1v) is 9.37. The van der Waals surface area contributed by atoms with E-state index in [4.69, 9.17) is 26.1 Å². The third kappa shape index (κ3) is 3.77. The lowest BCUT2D eigenvalue weighted by Gasteiger charge is -2.37. The van der Waals surface area contributed by atoms with Crippen LogP contribution >= 0.6 is 11.6 Å². The van der Waals surface area contributed by atoms with Gasteiger partial charge in [-0.25, -0.2) is 4.98 Å². The highest BCUT2D eigenvalue weighted by molar-refractivity contribution is 6.31. The summed E-state index contributed by atoms with van der Waals surface area (Å²) in [6.45, 7) is 5.65. The molecular formula is C19H23ClN4O2. The van der Waals surface area contributed by atoms with Crippen LogP contribution in [0.4, 0.5) is 11.8 Å². The standard InChI is InChI=1S/C19H23ClN4O2/c1-14-12-17(21-13-15-4-2-3-5-16(15)20)23-18(22-14)24-8-6-19(7-9-24)25-10-11-26-19/h2-5,12H,6-11,13H2,1H3,(H,21,22,23). The molecule has 26 heavy (non-hydrogen) atoms. The van der Waals surface area contributed by atoms with Crippen LogP contribution in [0.15, 0.2) is 30.3 Å². The number of piperidine rings is 1. The van der Waals surface area contributed by atoms with Crippen molar-refractivity contribution in [1.29, 1.82) is 0 Å². The van der Waals surface area contributed by atoms with Crippen LogP contribution in [0.1, 0.15) is 24.1 Å². The minimum atomic E-state index is -0.383. The number of aromatic nitrogens is 2. The van der Waals surface area contributed by atoms with Gasteiger partial charge in [-0.05, 0) is 18.6 Å². The van der Waals surface area contributed by atoms with Crippen molar-refractivity contribution in [2.45, 2.75) is 32.1 Å². The maximum absolute atomic E-state index is 6.23. The zero-order chi connectivity index (χ0) is 18.0. The summed E-state index contributed by atoms with van der Waals surface area (Å²) in [5, 5.41) is 4.11. The lowest BCUT2D eigenvalue weighted by Crippen LogP contribution is -2.45. The fourth-order valence-corrected chi connectivity index (χ4v) is 3.65. The Hall–Kier alpha value is -1.89. The van der Waals surface area contributed by atoms with Gasteiger partial charge < -0.3 is 19.7 Å². The van der Waals surface area contributed by atoms with Crippen LogP contribution in [0.2, 0.25) is 5.02 Å². The molecule has 0 unspecified atom stereocenters. The van der Waals surface area contributed by atoms with Crippen molar-refractivity contribution in [3.8, 4) is 0 Å². The molecule has 4 rings (SSSR count). The van der Waals surface area contributed by atoms with Crippen molar-refractivity contribution in [3.05, 3.63) is 46.6 Å². The topological polar surface area (TPSA) is 59.5 Å². The number of ether oxygens (including phenoxy) is 2. The lowest BCUT2D eigenvalue weighted by molar-refractivity contribution is -0.169. The number of benzene rings is 1. The van der Waals surface area contributed by atoms with Crippen LogP contribution < -0.4 is 10.2 Å². The van der Waals surface area contributed by atoms with Crippen LogP contribution in [0.3, 0.4) is 0 Å². The first-order chi connectivity index (χ1) is 12.6. The first-order valence-electron chi connectivity index (χ1n) is 8.99. The van der Waals surface area contributed by atoms with E-state index in [9.17, 15) is 0 Å². The van der Waals surface area contributed by atoms with Crippen molar-refractivity contribution in [2.75, 3.05) is 36.5 Å². The van der Waals surface area contributed by atoms with Gasteiger partial charge >= 0.3 is 0 Å². The molecule has 0 aliphatic carbocycles. The molecule has 1 aromatic carbocycles. The largest absolute Gasteiger partial charge is 0.366 e. The zero-order valence-electron chi connectivity index (χ0n) is 14.9. The fourth-order valence-electron chi connectivity index (χ4n) is 3.45. The van der Waals surface area contributed by atoms with Gasteiger partial charge in [0, 0.05) is 49.3 Å². The fraction of sp³-hybridized carbons (Fsp3) is 0.474. The molecule has 0 saturated carbocycles. The number of nitrogens with one attached hydrogen (secondary N) is 1. The Morgan fingerprint density at radius 3 is 2.62 bits per heavy atom. The Balaban J connectivity index is 1.44. The number of hydrogen-bond donors (Lipinski definition) is 1. The predicted molar refractivity (Wildman–Crippen MR) is 102 cm³/mol. The lowest BCUT2D eigenvalue weighted by atomic mass is 10.0. The summed E-state index contributed by atoms with van der Waals surface area (Å²) in [5.74, 6) is 1.17. The number of hydrogen-bond acceptors (Lipinski definition) is 6. The highest BCUT2D eigenvalue weighted by Gasteiger charge is 2.40. The number of rotatable bonds is 4. The minimum Gasteiger partial charge on any atom is -0.366 e. The monoisotopic (exact) mass is 374 g/mol. The number of nitrogens with zero attached hydrogens (tertiary/aromatic N) is 3. The van der Waals surface area contributed by atoms with E-state index < -0.39 is 0 Å². The van der Waals surface area contributed by atoms with Crippen LogP contribution in [0, 0.1) is 6.92 Å². The predicted octanol–water partition coefficient (Wildman–Crippen LogP) is 3.39. The average molecular weight is 375 g/mol. The van der Waals surface area contributed by atoms with Crippen molar-refractivity contribution < 1.29 is 9.47 Å². The van der Waals surface area contributed by atoms with Crippen molar-refractivity contribution in [3.63, 3.8) is 0 Å². The average Bonchev–Trinajstić information content (AvgIpc) is 3.09. The molecule has 0 bridgehead atoms. The second-order valence-corrected chi connectivity index (χ2v) is 7.14. The van der Waals surface area contributed by atoms with Crippen molar-refractivity contribution in [2.24, 2.45) is 0 Å². The van der Waals surface area contributed by atoms with Crippen LogP contribution in [0.5, 0.6) is 0 Å². The summed E-state index contributed by atoms with van der Waals surface area (Å²) in [4.78, 5) is 11.5. The Morgan fingerprint density at radius 2 is 1.88 bits per heavy atom. The molecule has 0 atom stereocenters. The molecule has 7 heteroatoms. The smallest absolute Gasteiger partial charge is 0.227 e. The van der Waals surface area contributed by atoms with E-state index in [-0.39, 0.29) is 5.79 Å². The Bertz CT molecular complexity index is 770. The van der Waals surface area contributed by atoms with E-state index >= 15 is 0 Å². The second kappa shape index (κ2) is 7.39. The van der Waals surface area contributed by atoms with Crippen LogP contribution in [-0.2, 0) is 16.0 Å². The molecule has 1 spiro atoms. The van der Waals surface area contributed by atoms with Gasteiger partial charge in [-0.15, -0.1) is 0 Å². The summed E-state index contributed by atoms with van der Waals surface area (Å²) < 4.78 is 11.6. The summed E-state index contributed by atoms with van der Waals surface area (Å²) in [6.07, 6.45) is 1.68. The third-order valence-corrected chi connectivity index (χ3v) is 5.25. The van der Waals surface area contributed by atoms with E-state index in [0.29, 0.717) is 19.8 Å². The van der Waals surface area contributed by atoms with E-state index in [2.05, 4.69) is 15.2 Å². The molecule has 2 saturated heterocycles. The molecule has 2 fully saturated rings. The van der Waals surface area contributed by atoms with Gasteiger partial charge in [-0.3, -0.25) is 0 Å². The maximum Gasteiger partial charge on any atom is 0.227 e. The Labute approximate surface area is 158 Å². The first kappa shape index (κ1) is 17.5. The number of aryl methyl sites for hydroxylation is 1. The number of anilines is 2. The molecule has 6 nitrogen and oxygen atoms in total. The van der Waals surface area contributed by atoms with Gasteiger partial charge in [0.15, 0.2) is 5.79 Å². The van der Waals surface area contributed by atoms with Gasteiger partial charge in [0.2, 0.25) is 5.95 Å². The normalized spacial score (nSPS) is 19.1.